The second kappa shape index (κ2) is 5.38. The number of nitrogens with zero attached hydrogens (tertiary/aromatic N) is 2. The predicted octanol–water partition coefficient (Wildman–Crippen LogP) is 2.28. The van der Waals surface area contributed by atoms with Crippen molar-refractivity contribution in [3.63, 3.8) is 0 Å². The number of nitrogens with one attached hydrogen (secondary N) is 1. The maximum absolute atomic E-state index is 12.2. The molecule has 3 N–H and O–H groups in total. The van der Waals surface area contributed by atoms with Crippen molar-refractivity contribution in [3.05, 3.63) is 59.7 Å². The largest absolute Gasteiger partial charge is 0.326 e. The Labute approximate surface area is 122 Å². The van der Waals surface area contributed by atoms with Crippen LogP contribution in [0.5, 0.6) is 0 Å². The third-order valence-corrected chi connectivity index (χ3v) is 3.46. The average molecular weight is 280 g/mol. The number of aromatic nitrogens is 2. The van der Waals surface area contributed by atoms with E-state index in [1.54, 1.807) is 12.1 Å². The maximum Gasteiger partial charge on any atom is 0.257 e. The molecule has 0 aliphatic carbocycles. The summed E-state index contributed by atoms with van der Waals surface area (Å²) >= 11 is 0. The second-order valence-electron chi connectivity index (χ2n) is 4.84. The van der Waals surface area contributed by atoms with E-state index in [0.717, 1.165) is 16.6 Å². The summed E-state index contributed by atoms with van der Waals surface area (Å²) in [7, 11) is 1.88. The standard InChI is InChI=1S/C16H16N4O/c1-20-14-5-3-2-4-13(14)18-16(20)19-15(21)12-8-6-11(10-17)7-9-12/h2-9H,10,17H2,1H3,(H,18,19,21). The number of nitrogens with two attached hydrogens (primary N) is 1. The first-order valence-electron chi connectivity index (χ1n) is 6.71. The lowest BCUT2D eigenvalue weighted by Gasteiger charge is -2.05. The number of aryl methyl sites for hydroxylation is 1. The SMILES string of the molecule is Cn1c(NC(=O)c2ccc(CN)cc2)nc2ccccc21. The first-order valence-corrected chi connectivity index (χ1v) is 6.71. The summed E-state index contributed by atoms with van der Waals surface area (Å²) < 4.78 is 1.86. The van der Waals surface area contributed by atoms with Gasteiger partial charge in [0, 0.05) is 19.2 Å². The molecule has 0 fully saturated rings. The molecule has 5 heteroatoms. The molecule has 0 saturated carbocycles. The van der Waals surface area contributed by atoms with E-state index in [2.05, 4.69) is 10.3 Å². The summed E-state index contributed by atoms with van der Waals surface area (Å²) in [6.45, 7) is 0.465. The number of hydrogen-bond donors (Lipinski definition) is 2. The zero-order valence-corrected chi connectivity index (χ0v) is 11.7. The number of hydrogen-bond acceptors (Lipinski definition) is 3. The van der Waals surface area contributed by atoms with Crippen LogP contribution in [0.4, 0.5) is 5.95 Å². The van der Waals surface area contributed by atoms with E-state index < -0.39 is 0 Å². The quantitative estimate of drug-likeness (QED) is 0.773. The molecule has 106 valence electrons. The Morgan fingerprint density at radius 2 is 1.90 bits per heavy atom. The van der Waals surface area contributed by atoms with Gasteiger partial charge >= 0.3 is 0 Å². The van der Waals surface area contributed by atoms with Gasteiger partial charge in [-0.3, -0.25) is 10.1 Å². The Bertz CT molecular complexity index is 790. The van der Waals surface area contributed by atoms with Crippen LogP contribution in [0.2, 0.25) is 0 Å². The molecule has 2 aromatic carbocycles. The molecule has 1 amide bonds. The summed E-state index contributed by atoms with van der Waals surface area (Å²) in [6.07, 6.45) is 0. The molecule has 5 nitrogen and oxygen atoms in total. The van der Waals surface area contributed by atoms with Crippen LogP contribution >= 0.6 is 0 Å². The van der Waals surface area contributed by atoms with Gasteiger partial charge in [-0.15, -0.1) is 0 Å². The van der Waals surface area contributed by atoms with Crippen LogP contribution in [0.25, 0.3) is 11.0 Å². The van der Waals surface area contributed by atoms with Gasteiger partial charge in [-0.25, -0.2) is 4.98 Å². The highest BCUT2D eigenvalue weighted by Crippen LogP contribution is 2.18. The highest BCUT2D eigenvalue weighted by Gasteiger charge is 2.11. The fourth-order valence-electron chi connectivity index (χ4n) is 2.22. The van der Waals surface area contributed by atoms with Gasteiger partial charge in [0.2, 0.25) is 5.95 Å². The number of imidazole rings is 1. The summed E-state index contributed by atoms with van der Waals surface area (Å²) in [6, 6.07) is 15.0. The molecule has 3 rings (SSSR count). The molecular weight excluding hydrogens is 264 g/mol. The molecule has 0 atom stereocenters. The van der Waals surface area contributed by atoms with E-state index in [1.807, 2.05) is 48.0 Å². The van der Waals surface area contributed by atoms with Crippen molar-refractivity contribution in [3.8, 4) is 0 Å². The summed E-state index contributed by atoms with van der Waals surface area (Å²) in [5.41, 5.74) is 8.96. The van der Waals surface area contributed by atoms with Crippen LogP contribution in [0, 0.1) is 0 Å². The minimum atomic E-state index is -0.183. The van der Waals surface area contributed by atoms with Crippen molar-refractivity contribution in [1.29, 1.82) is 0 Å². The lowest BCUT2D eigenvalue weighted by molar-refractivity contribution is 0.102. The predicted molar refractivity (Wildman–Crippen MR) is 83.0 cm³/mol. The minimum absolute atomic E-state index is 0.183. The van der Waals surface area contributed by atoms with Crippen LogP contribution in [0.3, 0.4) is 0 Å². The van der Waals surface area contributed by atoms with Crippen molar-refractivity contribution in [2.24, 2.45) is 12.8 Å². The van der Waals surface area contributed by atoms with Gasteiger partial charge in [0.25, 0.3) is 5.91 Å². The number of rotatable bonds is 3. The molecule has 21 heavy (non-hydrogen) atoms. The lowest BCUT2D eigenvalue weighted by Crippen LogP contribution is -2.15. The van der Waals surface area contributed by atoms with E-state index in [4.69, 9.17) is 5.73 Å². The molecule has 0 bridgehead atoms. The average Bonchev–Trinajstić information content (AvgIpc) is 2.84. The van der Waals surface area contributed by atoms with Crippen LogP contribution in [-0.4, -0.2) is 15.5 Å². The van der Waals surface area contributed by atoms with Gasteiger partial charge in [-0.2, -0.15) is 0 Å². The first-order chi connectivity index (χ1) is 10.2. The van der Waals surface area contributed by atoms with Crippen LogP contribution in [0.15, 0.2) is 48.5 Å². The molecule has 0 aliphatic rings. The van der Waals surface area contributed by atoms with Gasteiger partial charge in [0.05, 0.1) is 11.0 Å². The van der Waals surface area contributed by atoms with Crippen LogP contribution < -0.4 is 11.1 Å². The minimum Gasteiger partial charge on any atom is -0.326 e. The highest BCUT2D eigenvalue weighted by atomic mass is 16.1. The van der Waals surface area contributed by atoms with Crippen LogP contribution in [0.1, 0.15) is 15.9 Å². The summed E-state index contributed by atoms with van der Waals surface area (Å²) in [5, 5.41) is 2.84. The Hall–Kier alpha value is -2.66. The van der Waals surface area contributed by atoms with E-state index >= 15 is 0 Å². The molecule has 0 aliphatic heterocycles. The summed E-state index contributed by atoms with van der Waals surface area (Å²) in [5.74, 6) is 0.348. The number of anilines is 1. The molecular formula is C16H16N4O. The smallest absolute Gasteiger partial charge is 0.257 e. The molecule has 0 unspecified atom stereocenters. The molecule has 0 spiro atoms. The fraction of sp³-hybridized carbons (Fsp3) is 0.125. The highest BCUT2D eigenvalue weighted by molar-refractivity contribution is 6.04. The number of fused-ring (bicyclic) bond motifs is 1. The molecule has 3 aromatic rings. The monoisotopic (exact) mass is 280 g/mol. The zero-order chi connectivity index (χ0) is 14.8. The Morgan fingerprint density at radius 3 is 2.57 bits per heavy atom. The number of carbonyl (C=O) groups excluding carboxylic acids is 1. The normalized spacial score (nSPS) is 10.8. The zero-order valence-electron chi connectivity index (χ0n) is 11.7. The van der Waals surface area contributed by atoms with E-state index in [9.17, 15) is 4.79 Å². The lowest BCUT2D eigenvalue weighted by atomic mass is 10.1. The van der Waals surface area contributed by atoms with Crippen molar-refractivity contribution < 1.29 is 4.79 Å². The molecule has 1 heterocycles. The van der Waals surface area contributed by atoms with E-state index in [0.29, 0.717) is 18.1 Å². The van der Waals surface area contributed by atoms with Gasteiger partial charge < -0.3 is 10.3 Å². The van der Waals surface area contributed by atoms with Gasteiger partial charge in [-0.05, 0) is 29.8 Å². The third kappa shape index (κ3) is 2.51. The molecule has 1 aromatic heterocycles. The molecule has 0 saturated heterocycles. The van der Waals surface area contributed by atoms with Crippen molar-refractivity contribution in [2.45, 2.75) is 6.54 Å². The van der Waals surface area contributed by atoms with E-state index in [-0.39, 0.29) is 5.91 Å². The first kappa shape index (κ1) is 13.3. The number of amides is 1. The van der Waals surface area contributed by atoms with Crippen molar-refractivity contribution in [1.82, 2.24) is 9.55 Å². The number of carbonyl (C=O) groups is 1. The fourth-order valence-corrected chi connectivity index (χ4v) is 2.22. The Morgan fingerprint density at radius 1 is 1.19 bits per heavy atom. The number of para-hydroxylation sites is 2. The number of benzene rings is 2. The second-order valence-corrected chi connectivity index (χ2v) is 4.84. The molecule has 0 radical (unpaired) electrons. The van der Waals surface area contributed by atoms with Crippen molar-refractivity contribution >= 4 is 22.9 Å². The van der Waals surface area contributed by atoms with Crippen LogP contribution in [-0.2, 0) is 13.6 Å². The maximum atomic E-state index is 12.2. The van der Waals surface area contributed by atoms with Gasteiger partial charge in [-0.1, -0.05) is 24.3 Å². The topological polar surface area (TPSA) is 72.9 Å². The van der Waals surface area contributed by atoms with Gasteiger partial charge in [0.1, 0.15) is 0 Å². The van der Waals surface area contributed by atoms with Crippen molar-refractivity contribution in [2.75, 3.05) is 5.32 Å². The third-order valence-electron chi connectivity index (χ3n) is 3.46. The Balaban J connectivity index is 1.87. The Kier molecular flexibility index (Phi) is 3.41. The van der Waals surface area contributed by atoms with E-state index in [1.165, 1.54) is 0 Å². The van der Waals surface area contributed by atoms with Gasteiger partial charge in [0.15, 0.2) is 0 Å². The summed E-state index contributed by atoms with van der Waals surface area (Å²) in [4.78, 5) is 16.7.